The molecule has 3 rings (SSSR count). The molecule has 2 fully saturated rings. The zero-order chi connectivity index (χ0) is 21.5. The number of nitrogens with zero attached hydrogens (tertiary/aromatic N) is 2. The molecule has 6 heteroatoms. The first-order valence-electron chi connectivity index (χ1n) is 11.7. The summed E-state index contributed by atoms with van der Waals surface area (Å²) in [5, 5.41) is 6.12. The maximum absolute atomic E-state index is 13.1. The number of carbonyl (C=O) groups excluding carboxylic acids is 2. The molecule has 0 atom stereocenters. The van der Waals surface area contributed by atoms with E-state index in [1.165, 1.54) is 0 Å². The summed E-state index contributed by atoms with van der Waals surface area (Å²) in [5.74, 6) is 0.873. The van der Waals surface area contributed by atoms with Gasteiger partial charge in [0.05, 0.1) is 5.56 Å². The maximum atomic E-state index is 13.1. The summed E-state index contributed by atoms with van der Waals surface area (Å²) in [6.45, 7) is 11.9. The summed E-state index contributed by atoms with van der Waals surface area (Å²) in [5.41, 5.74) is 2.36. The second kappa shape index (κ2) is 10.8. The number of amides is 2. The van der Waals surface area contributed by atoms with Crippen molar-refractivity contribution >= 4 is 23.2 Å². The highest BCUT2D eigenvalue weighted by Crippen LogP contribution is 2.31. The number of carbonyl (C=O) groups is 2. The smallest absolute Gasteiger partial charge is 0.253 e. The minimum Gasteiger partial charge on any atom is -0.371 e. The molecule has 166 valence electrons. The van der Waals surface area contributed by atoms with Gasteiger partial charge in [0, 0.05) is 43.5 Å². The predicted octanol–water partition coefficient (Wildman–Crippen LogP) is 3.73. The van der Waals surface area contributed by atoms with Crippen LogP contribution in [0.3, 0.4) is 0 Å². The van der Waals surface area contributed by atoms with Crippen LogP contribution < -0.4 is 15.5 Å². The van der Waals surface area contributed by atoms with E-state index in [1.54, 1.807) is 0 Å². The SMILES string of the molecule is CCN(CC)CCNC(=O)c1cc(NC(=O)C2CCC2)ccc1N1CCC(C)CC1. The van der Waals surface area contributed by atoms with Crippen LogP contribution in [-0.2, 0) is 4.79 Å². The largest absolute Gasteiger partial charge is 0.371 e. The minimum atomic E-state index is -0.0597. The molecule has 1 saturated heterocycles. The fourth-order valence-electron chi connectivity index (χ4n) is 4.20. The molecule has 2 aliphatic rings. The molecule has 1 heterocycles. The van der Waals surface area contributed by atoms with Crippen molar-refractivity contribution in [1.29, 1.82) is 0 Å². The standard InChI is InChI=1S/C24H38N4O2/c1-4-27(5-2)16-13-25-24(30)21-17-20(26-23(29)19-7-6-8-19)9-10-22(21)28-14-11-18(3)12-15-28/h9-10,17-19H,4-8,11-16H2,1-3H3,(H,25,30)(H,26,29). The van der Waals surface area contributed by atoms with Crippen molar-refractivity contribution in [3.63, 3.8) is 0 Å². The lowest BCUT2D eigenvalue weighted by atomic mass is 9.85. The topological polar surface area (TPSA) is 64.7 Å². The lowest BCUT2D eigenvalue weighted by molar-refractivity contribution is -0.122. The molecule has 2 amide bonds. The first-order valence-corrected chi connectivity index (χ1v) is 11.7. The van der Waals surface area contributed by atoms with Crippen LogP contribution in [0.4, 0.5) is 11.4 Å². The van der Waals surface area contributed by atoms with Gasteiger partial charge in [0.1, 0.15) is 0 Å². The molecular weight excluding hydrogens is 376 g/mol. The zero-order valence-corrected chi connectivity index (χ0v) is 18.9. The summed E-state index contributed by atoms with van der Waals surface area (Å²) < 4.78 is 0. The van der Waals surface area contributed by atoms with Crippen LogP contribution in [0.15, 0.2) is 18.2 Å². The first-order chi connectivity index (χ1) is 14.5. The molecule has 1 aromatic carbocycles. The lowest BCUT2D eigenvalue weighted by Crippen LogP contribution is -2.37. The van der Waals surface area contributed by atoms with Crippen LogP contribution in [0.2, 0.25) is 0 Å². The molecule has 1 aliphatic heterocycles. The normalized spacial score (nSPS) is 17.7. The van der Waals surface area contributed by atoms with E-state index in [1.807, 2.05) is 18.2 Å². The molecule has 0 radical (unpaired) electrons. The monoisotopic (exact) mass is 414 g/mol. The van der Waals surface area contributed by atoms with Crippen LogP contribution in [0.25, 0.3) is 0 Å². The maximum Gasteiger partial charge on any atom is 0.253 e. The third kappa shape index (κ3) is 5.75. The van der Waals surface area contributed by atoms with Gasteiger partial charge in [0.2, 0.25) is 5.91 Å². The van der Waals surface area contributed by atoms with Crippen molar-refractivity contribution in [1.82, 2.24) is 10.2 Å². The quantitative estimate of drug-likeness (QED) is 0.646. The van der Waals surface area contributed by atoms with Gasteiger partial charge in [-0.3, -0.25) is 9.59 Å². The van der Waals surface area contributed by atoms with Crippen LogP contribution in [0.1, 0.15) is 63.2 Å². The average molecular weight is 415 g/mol. The van der Waals surface area contributed by atoms with Gasteiger partial charge in [-0.25, -0.2) is 0 Å². The first kappa shape index (κ1) is 22.6. The van der Waals surface area contributed by atoms with Crippen molar-refractivity contribution in [3.05, 3.63) is 23.8 Å². The molecular formula is C24H38N4O2. The Morgan fingerprint density at radius 1 is 1.10 bits per heavy atom. The predicted molar refractivity (Wildman–Crippen MR) is 123 cm³/mol. The highest BCUT2D eigenvalue weighted by molar-refractivity contribution is 6.02. The van der Waals surface area contributed by atoms with E-state index in [0.717, 1.165) is 82.1 Å². The van der Waals surface area contributed by atoms with Crippen molar-refractivity contribution in [3.8, 4) is 0 Å². The highest BCUT2D eigenvalue weighted by Gasteiger charge is 2.26. The number of hydrogen-bond acceptors (Lipinski definition) is 4. The number of piperidine rings is 1. The Kier molecular flexibility index (Phi) is 8.14. The van der Waals surface area contributed by atoms with E-state index in [0.29, 0.717) is 12.1 Å². The Labute approximate surface area is 181 Å². The molecule has 0 bridgehead atoms. The van der Waals surface area contributed by atoms with Gasteiger partial charge in [0.15, 0.2) is 0 Å². The highest BCUT2D eigenvalue weighted by atomic mass is 16.2. The third-order valence-electron chi connectivity index (χ3n) is 6.72. The number of anilines is 2. The molecule has 0 unspecified atom stereocenters. The van der Waals surface area contributed by atoms with Gasteiger partial charge >= 0.3 is 0 Å². The van der Waals surface area contributed by atoms with Gasteiger partial charge in [-0.2, -0.15) is 0 Å². The summed E-state index contributed by atoms with van der Waals surface area (Å²) >= 11 is 0. The minimum absolute atomic E-state index is 0.0597. The van der Waals surface area contributed by atoms with Gasteiger partial charge < -0.3 is 20.4 Å². The van der Waals surface area contributed by atoms with Gasteiger partial charge in [0.25, 0.3) is 5.91 Å². The second-order valence-corrected chi connectivity index (χ2v) is 8.80. The zero-order valence-electron chi connectivity index (χ0n) is 18.9. The van der Waals surface area contributed by atoms with Crippen LogP contribution in [0.5, 0.6) is 0 Å². The fourth-order valence-corrected chi connectivity index (χ4v) is 4.20. The number of hydrogen-bond donors (Lipinski definition) is 2. The van der Waals surface area contributed by atoms with Crippen LogP contribution in [-0.4, -0.2) is 56.0 Å². The van der Waals surface area contributed by atoms with E-state index in [-0.39, 0.29) is 17.7 Å². The number of nitrogens with one attached hydrogen (secondary N) is 2. The van der Waals surface area contributed by atoms with Crippen molar-refractivity contribution in [2.45, 2.75) is 52.9 Å². The molecule has 1 aliphatic carbocycles. The number of likely N-dealkylation sites (N-methyl/N-ethyl adjacent to an activating group) is 1. The molecule has 6 nitrogen and oxygen atoms in total. The molecule has 1 saturated carbocycles. The Hall–Kier alpha value is -2.08. The fraction of sp³-hybridized carbons (Fsp3) is 0.667. The van der Waals surface area contributed by atoms with Crippen LogP contribution in [0, 0.1) is 11.8 Å². The van der Waals surface area contributed by atoms with E-state index in [2.05, 4.69) is 41.2 Å². The van der Waals surface area contributed by atoms with E-state index in [9.17, 15) is 9.59 Å². The van der Waals surface area contributed by atoms with Gasteiger partial charge in [-0.1, -0.05) is 27.2 Å². The van der Waals surface area contributed by atoms with Gasteiger partial charge in [-0.05, 0) is 62.9 Å². The van der Waals surface area contributed by atoms with Crippen molar-refractivity contribution < 1.29 is 9.59 Å². The Balaban J connectivity index is 1.73. The molecule has 0 spiro atoms. The van der Waals surface area contributed by atoms with E-state index < -0.39 is 0 Å². The van der Waals surface area contributed by atoms with Gasteiger partial charge in [-0.15, -0.1) is 0 Å². The number of benzene rings is 1. The third-order valence-corrected chi connectivity index (χ3v) is 6.72. The second-order valence-electron chi connectivity index (χ2n) is 8.80. The Bertz CT molecular complexity index is 720. The van der Waals surface area contributed by atoms with Crippen molar-refractivity contribution in [2.75, 3.05) is 49.5 Å². The molecule has 2 N–H and O–H groups in total. The summed E-state index contributed by atoms with van der Waals surface area (Å²) in [4.78, 5) is 30.1. The molecule has 0 aromatic heterocycles. The van der Waals surface area contributed by atoms with E-state index in [4.69, 9.17) is 0 Å². The molecule has 30 heavy (non-hydrogen) atoms. The summed E-state index contributed by atoms with van der Waals surface area (Å²) in [6, 6.07) is 5.80. The lowest BCUT2D eigenvalue weighted by Gasteiger charge is -2.33. The Morgan fingerprint density at radius 3 is 2.40 bits per heavy atom. The molecule has 1 aromatic rings. The van der Waals surface area contributed by atoms with Crippen molar-refractivity contribution in [2.24, 2.45) is 11.8 Å². The average Bonchev–Trinajstić information content (AvgIpc) is 2.70. The Morgan fingerprint density at radius 2 is 1.80 bits per heavy atom. The summed E-state index contributed by atoms with van der Waals surface area (Å²) in [7, 11) is 0. The van der Waals surface area contributed by atoms with Crippen LogP contribution >= 0.6 is 0 Å². The van der Waals surface area contributed by atoms with E-state index >= 15 is 0 Å². The number of rotatable bonds is 9. The summed E-state index contributed by atoms with van der Waals surface area (Å²) in [6.07, 6.45) is 5.35.